The van der Waals surface area contributed by atoms with E-state index in [4.69, 9.17) is 10.5 Å². The average Bonchev–Trinajstić information content (AvgIpc) is 1.68. The van der Waals surface area contributed by atoms with Crippen LogP contribution in [0.15, 0.2) is 0 Å². The Hall–Kier alpha value is -1.02. The van der Waals surface area contributed by atoms with E-state index < -0.39 is 0 Å². The van der Waals surface area contributed by atoms with E-state index in [9.17, 15) is 0 Å². The fourth-order valence-electron chi connectivity index (χ4n) is 0.183. The van der Waals surface area contributed by atoms with Gasteiger partial charge in [0, 0.05) is 0 Å². The van der Waals surface area contributed by atoms with Crippen molar-refractivity contribution in [2.24, 2.45) is 5.92 Å². The molecule has 0 heterocycles. The Balaban J connectivity index is 3.27. The van der Waals surface area contributed by atoms with Crippen LogP contribution >= 0.6 is 0 Å². The highest BCUT2D eigenvalue weighted by Crippen LogP contribution is 1.94. The second-order valence-corrected chi connectivity index (χ2v) is 1.39. The first-order valence-electron chi connectivity index (χ1n) is 2.08. The zero-order valence-corrected chi connectivity index (χ0v) is 4.18. The first kappa shape index (κ1) is 5.98. The molecule has 0 N–H and O–H groups in total. The van der Waals surface area contributed by atoms with E-state index in [2.05, 4.69) is 0 Å². The largest absolute Gasteiger partial charge is 0.198 e. The summed E-state index contributed by atoms with van der Waals surface area (Å²) in [6.07, 6.45) is 0.344. The first-order valence-corrected chi connectivity index (χ1v) is 2.08. The summed E-state index contributed by atoms with van der Waals surface area (Å²) in [5, 5.41) is 16.0. The van der Waals surface area contributed by atoms with E-state index in [1.165, 1.54) is 0 Å². The van der Waals surface area contributed by atoms with Gasteiger partial charge in [0.05, 0.1) is 24.5 Å². The van der Waals surface area contributed by atoms with Crippen molar-refractivity contribution < 1.29 is 0 Å². The summed E-state index contributed by atoms with van der Waals surface area (Å²) in [6, 6.07) is 3.84. The maximum absolute atomic E-state index is 8.06. The molecule has 1 unspecified atom stereocenters. The zero-order chi connectivity index (χ0) is 5.70. The molecule has 36 valence electrons. The Labute approximate surface area is 43.0 Å². The van der Waals surface area contributed by atoms with Crippen LogP contribution in [0.4, 0.5) is 0 Å². The average molecular weight is 94.1 g/mol. The summed E-state index contributed by atoms with van der Waals surface area (Å²) in [7, 11) is 0. The molecule has 2 nitrogen and oxygen atoms in total. The summed E-state index contributed by atoms with van der Waals surface area (Å²) < 4.78 is 0. The molecule has 7 heavy (non-hydrogen) atoms. The minimum absolute atomic E-state index is 0.106. The Kier molecular flexibility index (Phi) is 2.72. The van der Waals surface area contributed by atoms with Gasteiger partial charge in [-0.15, -0.1) is 0 Å². The standard InChI is InChI=1S/C5H6N2/c1-5(4-7)2-3-6/h5H,2H2,1H3. The fourth-order valence-corrected chi connectivity index (χ4v) is 0.183. The SMILES string of the molecule is CC(C#N)CC#N. The molecule has 0 bridgehead atoms. The maximum atomic E-state index is 8.06. The molecule has 0 aliphatic rings. The molecule has 0 aromatic heterocycles. The van der Waals surface area contributed by atoms with Crippen LogP contribution in [0.3, 0.4) is 0 Å². The van der Waals surface area contributed by atoms with Crippen LogP contribution < -0.4 is 0 Å². The van der Waals surface area contributed by atoms with E-state index in [-0.39, 0.29) is 5.92 Å². The van der Waals surface area contributed by atoms with Crippen molar-refractivity contribution in [3.05, 3.63) is 0 Å². The highest BCUT2D eigenvalue weighted by Gasteiger charge is 1.93. The van der Waals surface area contributed by atoms with Crippen molar-refractivity contribution in [2.75, 3.05) is 0 Å². The molecule has 0 saturated carbocycles. The molecule has 0 aromatic rings. The molecule has 0 aromatic carbocycles. The Morgan fingerprint density at radius 3 is 2.29 bits per heavy atom. The number of hydrogen-bond donors (Lipinski definition) is 0. The molecule has 0 amide bonds. The fraction of sp³-hybridized carbons (Fsp3) is 0.600. The summed E-state index contributed by atoms with van der Waals surface area (Å²) in [4.78, 5) is 0. The molecule has 0 spiro atoms. The molecule has 0 radical (unpaired) electrons. The topological polar surface area (TPSA) is 47.6 Å². The maximum Gasteiger partial charge on any atom is 0.0663 e. The second-order valence-electron chi connectivity index (χ2n) is 1.39. The molecule has 0 rings (SSSR count). The van der Waals surface area contributed by atoms with Crippen LogP contribution in [0.2, 0.25) is 0 Å². The van der Waals surface area contributed by atoms with Gasteiger partial charge in [0.25, 0.3) is 0 Å². The monoisotopic (exact) mass is 94.1 g/mol. The first-order chi connectivity index (χ1) is 3.31. The van der Waals surface area contributed by atoms with Crippen molar-refractivity contribution in [2.45, 2.75) is 13.3 Å². The smallest absolute Gasteiger partial charge is 0.0663 e. The minimum atomic E-state index is -0.106. The molecule has 0 aliphatic carbocycles. The van der Waals surface area contributed by atoms with Gasteiger partial charge < -0.3 is 0 Å². The lowest BCUT2D eigenvalue weighted by atomic mass is 10.1. The Morgan fingerprint density at radius 2 is 2.14 bits per heavy atom. The van der Waals surface area contributed by atoms with Gasteiger partial charge in [-0.3, -0.25) is 0 Å². The molecule has 0 fully saturated rings. The van der Waals surface area contributed by atoms with Crippen LogP contribution in [-0.4, -0.2) is 0 Å². The third-order valence-corrected chi connectivity index (χ3v) is 0.618. The van der Waals surface area contributed by atoms with Crippen molar-refractivity contribution in [1.29, 1.82) is 10.5 Å². The molecular weight excluding hydrogens is 88.1 g/mol. The molecule has 2 heteroatoms. The van der Waals surface area contributed by atoms with Gasteiger partial charge >= 0.3 is 0 Å². The van der Waals surface area contributed by atoms with Crippen LogP contribution in [0.25, 0.3) is 0 Å². The highest BCUT2D eigenvalue weighted by molar-refractivity contribution is 4.86. The van der Waals surface area contributed by atoms with Crippen molar-refractivity contribution in [1.82, 2.24) is 0 Å². The number of hydrogen-bond acceptors (Lipinski definition) is 2. The number of rotatable bonds is 1. The normalized spacial score (nSPS) is 11.3. The highest BCUT2D eigenvalue weighted by atomic mass is 14.3. The Bertz CT molecular complexity index is 115. The zero-order valence-electron chi connectivity index (χ0n) is 4.18. The molecule has 1 atom stereocenters. The Morgan fingerprint density at radius 1 is 1.57 bits per heavy atom. The van der Waals surface area contributed by atoms with Gasteiger partial charge in [0.1, 0.15) is 0 Å². The molecule has 0 saturated heterocycles. The molecular formula is C5H6N2. The van der Waals surface area contributed by atoms with E-state index in [1.807, 2.05) is 12.1 Å². The lowest BCUT2D eigenvalue weighted by molar-refractivity contribution is 0.769. The van der Waals surface area contributed by atoms with Crippen molar-refractivity contribution in [3.8, 4) is 12.1 Å². The van der Waals surface area contributed by atoms with Gasteiger partial charge in [-0.2, -0.15) is 10.5 Å². The third kappa shape index (κ3) is 2.79. The van der Waals surface area contributed by atoms with E-state index in [0.717, 1.165) is 0 Å². The molecule has 0 aliphatic heterocycles. The quantitative estimate of drug-likeness (QED) is 0.487. The third-order valence-electron chi connectivity index (χ3n) is 0.618. The summed E-state index contributed by atoms with van der Waals surface area (Å²) >= 11 is 0. The van der Waals surface area contributed by atoms with Gasteiger partial charge in [-0.05, 0) is 6.92 Å². The lowest BCUT2D eigenvalue weighted by Crippen LogP contribution is -1.83. The predicted octanol–water partition coefficient (Wildman–Crippen LogP) is 1.06. The lowest BCUT2D eigenvalue weighted by Gasteiger charge is -1.85. The van der Waals surface area contributed by atoms with Gasteiger partial charge in [0.15, 0.2) is 0 Å². The van der Waals surface area contributed by atoms with E-state index in [1.54, 1.807) is 6.92 Å². The number of nitrogens with zero attached hydrogens (tertiary/aromatic N) is 2. The second kappa shape index (κ2) is 3.18. The van der Waals surface area contributed by atoms with E-state index in [0.29, 0.717) is 6.42 Å². The van der Waals surface area contributed by atoms with Gasteiger partial charge in [-0.25, -0.2) is 0 Å². The number of nitriles is 2. The van der Waals surface area contributed by atoms with Crippen LogP contribution in [-0.2, 0) is 0 Å². The van der Waals surface area contributed by atoms with Crippen LogP contribution in [0.5, 0.6) is 0 Å². The summed E-state index contributed by atoms with van der Waals surface area (Å²) in [5.41, 5.74) is 0. The predicted molar refractivity (Wildman–Crippen MR) is 25.0 cm³/mol. The minimum Gasteiger partial charge on any atom is -0.198 e. The summed E-state index contributed by atoms with van der Waals surface area (Å²) in [5.74, 6) is -0.106. The van der Waals surface area contributed by atoms with Gasteiger partial charge in [0.2, 0.25) is 0 Å². The van der Waals surface area contributed by atoms with Gasteiger partial charge in [-0.1, -0.05) is 0 Å². The summed E-state index contributed by atoms with van der Waals surface area (Å²) in [6.45, 7) is 1.73. The van der Waals surface area contributed by atoms with Crippen LogP contribution in [0, 0.1) is 28.6 Å². The van der Waals surface area contributed by atoms with E-state index >= 15 is 0 Å². The van der Waals surface area contributed by atoms with Crippen LogP contribution in [0.1, 0.15) is 13.3 Å². The van der Waals surface area contributed by atoms with Crippen molar-refractivity contribution >= 4 is 0 Å². The van der Waals surface area contributed by atoms with Crippen molar-refractivity contribution in [3.63, 3.8) is 0 Å².